The SMILES string of the molecule is C#CC(CC)NC(CCCC)c1ccc(F)cc1. The predicted molar refractivity (Wildman–Crippen MR) is 74.7 cm³/mol. The first kappa shape index (κ1) is 14.7. The second-order valence-corrected chi connectivity index (χ2v) is 4.54. The Morgan fingerprint density at radius 1 is 1.28 bits per heavy atom. The molecule has 1 N–H and O–H groups in total. The molecule has 2 atom stereocenters. The van der Waals surface area contributed by atoms with Crippen molar-refractivity contribution in [2.45, 2.75) is 51.6 Å². The lowest BCUT2D eigenvalue weighted by Crippen LogP contribution is -2.31. The van der Waals surface area contributed by atoms with Gasteiger partial charge < -0.3 is 0 Å². The van der Waals surface area contributed by atoms with E-state index >= 15 is 0 Å². The van der Waals surface area contributed by atoms with Gasteiger partial charge in [-0.15, -0.1) is 6.42 Å². The van der Waals surface area contributed by atoms with E-state index < -0.39 is 0 Å². The fourth-order valence-electron chi connectivity index (χ4n) is 1.98. The Labute approximate surface area is 110 Å². The summed E-state index contributed by atoms with van der Waals surface area (Å²) in [7, 11) is 0. The van der Waals surface area contributed by atoms with E-state index in [0.717, 1.165) is 31.2 Å². The van der Waals surface area contributed by atoms with E-state index in [1.807, 2.05) is 12.1 Å². The summed E-state index contributed by atoms with van der Waals surface area (Å²) in [6.45, 7) is 4.24. The van der Waals surface area contributed by atoms with Gasteiger partial charge in [-0.05, 0) is 30.5 Å². The van der Waals surface area contributed by atoms with Crippen molar-refractivity contribution < 1.29 is 4.39 Å². The van der Waals surface area contributed by atoms with Gasteiger partial charge in [0.1, 0.15) is 5.82 Å². The van der Waals surface area contributed by atoms with Crippen LogP contribution in [0.5, 0.6) is 0 Å². The maximum absolute atomic E-state index is 12.9. The first-order valence-electron chi connectivity index (χ1n) is 6.68. The maximum atomic E-state index is 12.9. The molecule has 98 valence electrons. The standard InChI is InChI=1S/C16H22FN/c1-4-7-8-16(18-15(5-2)6-3)13-9-11-14(17)12-10-13/h2,9-12,15-16,18H,4,6-8H2,1,3H3. The molecule has 0 aliphatic rings. The molecule has 2 unspecified atom stereocenters. The molecule has 2 heteroatoms. The van der Waals surface area contributed by atoms with Crippen LogP contribution >= 0.6 is 0 Å². The van der Waals surface area contributed by atoms with Gasteiger partial charge in [0.2, 0.25) is 0 Å². The minimum atomic E-state index is -0.197. The molecule has 18 heavy (non-hydrogen) atoms. The van der Waals surface area contributed by atoms with Crippen LogP contribution in [0, 0.1) is 18.2 Å². The highest BCUT2D eigenvalue weighted by atomic mass is 19.1. The van der Waals surface area contributed by atoms with Gasteiger partial charge in [-0.25, -0.2) is 4.39 Å². The first-order chi connectivity index (χ1) is 8.71. The van der Waals surface area contributed by atoms with Crippen molar-refractivity contribution in [3.63, 3.8) is 0 Å². The van der Waals surface area contributed by atoms with Crippen LogP contribution in [0.4, 0.5) is 4.39 Å². The van der Waals surface area contributed by atoms with Gasteiger partial charge in [-0.1, -0.05) is 44.7 Å². The fraction of sp³-hybridized carbons (Fsp3) is 0.500. The summed E-state index contributed by atoms with van der Waals surface area (Å²) < 4.78 is 12.9. The Morgan fingerprint density at radius 2 is 1.94 bits per heavy atom. The normalized spacial score (nSPS) is 13.9. The Balaban J connectivity index is 2.77. The van der Waals surface area contributed by atoms with Gasteiger partial charge in [0.25, 0.3) is 0 Å². The van der Waals surface area contributed by atoms with E-state index in [1.165, 1.54) is 12.1 Å². The number of hydrogen-bond acceptors (Lipinski definition) is 1. The van der Waals surface area contributed by atoms with Crippen molar-refractivity contribution in [1.29, 1.82) is 0 Å². The van der Waals surface area contributed by atoms with Gasteiger partial charge in [0.05, 0.1) is 6.04 Å². The van der Waals surface area contributed by atoms with Crippen molar-refractivity contribution >= 4 is 0 Å². The van der Waals surface area contributed by atoms with Crippen LogP contribution < -0.4 is 5.32 Å². The van der Waals surface area contributed by atoms with E-state index in [-0.39, 0.29) is 17.9 Å². The number of rotatable bonds is 7. The quantitative estimate of drug-likeness (QED) is 0.716. The van der Waals surface area contributed by atoms with Crippen LogP contribution in [0.3, 0.4) is 0 Å². The van der Waals surface area contributed by atoms with Gasteiger partial charge >= 0.3 is 0 Å². The highest BCUT2D eigenvalue weighted by molar-refractivity contribution is 5.20. The van der Waals surface area contributed by atoms with E-state index in [0.29, 0.717) is 0 Å². The van der Waals surface area contributed by atoms with Crippen LogP contribution in [0.1, 0.15) is 51.1 Å². The molecule has 1 rings (SSSR count). The van der Waals surface area contributed by atoms with Crippen LogP contribution in [0.25, 0.3) is 0 Å². The highest BCUT2D eigenvalue weighted by Gasteiger charge is 2.14. The molecule has 1 aromatic rings. The third kappa shape index (κ3) is 4.50. The zero-order valence-corrected chi connectivity index (χ0v) is 11.2. The molecule has 0 heterocycles. The molecule has 0 amide bonds. The van der Waals surface area contributed by atoms with E-state index in [2.05, 4.69) is 25.1 Å². The molecule has 0 aromatic heterocycles. The first-order valence-corrected chi connectivity index (χ1v) is 6.68. The highest BCUT2D eigenvalue weighted by Crippen LogP contribution is 2.20. The molecule has 0 saturated heterocycles. The zero-order chi connectivity index (χ0) is 13.4. The fourth-order valence-corrected chi connectivity index (χ4v) is 1.98. The summed E-state index contributed by atoms with van der Waals surface area (Å²) in [5, 5.41) is 3.47. The lowest BCUT2D eigenvalue weighted by atomic mass is 9.99. The van der Waals surface area contributed by atoms with Crippen molar-refractivity contribution in [2.24, 2.45) is 0 Å². The molecular weight excluding hydrogens is 225 g/mol. The van der Waals surface area contributed by atoms with Crippen LogP contribution in [0.2, 0.25) is 0 Å². The Hall–Kier alpha value is -1.33. The molecule has 0 saturated carbocycles. The van der Waals surface area contributed by atoms with Crippen LogP contribution in [0.15, 0.2) is 24.3 Å². The van der Waals surface area contributed by atoms with E-state index in [1.54, 1.807) is 0 Å². The minimum absolute atomic E-state index is 0.0805. The van der Waals surface area contributed by atoms with E-state index in [4.69, 9.17) is 6.42 Å². The van der Waals surface area contributed by atoms with Gasteiger partial charge in [0, 0.05) is 6.04 Å². The van der Waals surface area contributed by atoms with Gasteiger partial charge in [0.15, 0.2) is 0 Å². The number of benzene rings is 1. The van der Waals surface area contributed by atoms with Gasteiger partial charge in [-0.3, -0.25) is 5.32 Å². The molecule has 1 nitrogen and oxygen atoms in total. The smallest absolute Gasteiger partial charge is 0.123 e. The van der Waals surface area contributed by atoms with E-state index in [9.17, 15) is 4.39 Å². The van der Waals surface area contributed by atoms with Crippen molar-refractivity contribution in [2.75, 3.05) is 0 Å². The molecular formula is C16H22FN. The molecule has 0 aliphatic carbocycles. The third-order valence-corrected chi connectivity index (χ3v) is 3.13. The zero-order valence-electron chi connectivity index (χ0n) is 11.2. The van der Waals surface area contributed by atoms with Gasteiger partial charge in [-0.2, -0.15) is 0 Å². The van der Waals surface area contributed by atoms with Crippen molar-refractivity contribution in [3.8, 4) is 12.3 Å². The summed E-state index contributed by atoms with van der Waals surface area (Å²) in [6.07, 6.45) is 9.70. The summed E-state index contributed by atoms with van der Waals surface area (Å²) in [5.74, 6) is 2.56. The molecule has 1 aromatic carbocycles. The van der Waals surface area contributed by atoms with Crippen LogP contribution in [-0.2, 0) is 0 Å². The number of hydrogen-bond donors (Lipinski definition) is 1. The summed E-state index contributed by atoms with van der Waals surface area (Å²) >= 11 is 0. The van der Waals surface area contributed by atoms with Crippen molar-refractivity contribution in [3.05, 3.63) is 35.6 Å². The summed E-state index contributed by atoms with van der Waals surface area (Å²) in [4.78, 5) is 0. The number of halogens is 1. The maximum Gasteiger partial charge on any atom is 0.123 e. The second-order valence-electron chi connectivity index (χ2n) is 4.54. The average Bonchev–Trinajstić information content (AvgIpc) is 2.40. The summed E-state index contributed by atoms with van der Waals surface area (Å²) in [6, 6.07) is 6.99. The Morgan fingerprint density at radius 3 is 2.44 bits per heavy atom. The lowest BCUT2D eigenvalue weighted by Gasteiger charge is -2.22. The average molecular weight is 247 g/mol. The Bertz CT molecular complexity index is 377. The molecule has 0 aliphatic heterocycles. The number of unbranched alkanes of at least 4 members (excludes halogenated alkanes) is 1. The minimum Gasteiger partial charge on any atom is -0.297 e. The monoisotopic (exact) mass is 247 g/mol. The number of nitrogens with one attached hydrogen (secondary N) is 1. The molecule has 0 radical (unpaired) electrons. The molecule has 0 fully saturated rings. The lowest BCUT2D eigenvalue weighted by molar-refractivity contribution is 0.444. The largest absolute Gasteiger partial charge is 0.297 e. The number of terminal acetylenes is 1. The predicted octanol–water partition coefficient (Wildman–Crippen LogP) is 4.06. The summed E-state index contributed by atoms with van der Waals surface area (Å²) in [5.41, 5.74) is 1.11. The molecule has 0 spiro atoms. The van der Waals surface area contributed by atoms with Crippen molar-refractivity contribution in [1.82, 2.24) is 5.32 Å². The molecule has 0 bridgehead atoms. The Kier molecular flexibility index (Phi) is 6.46. The van der Waals surface area contributed by atoms with Crippen LogP contribution in [-0.4, -0.2) is 6.04 Å². The topological polar surface area (TPSA) is 12.0 Å². The third-order valence-electron chi connectivity index (χ3n) is 3.13. The second kappa shape index (κ2) is 7.89.